The van der Waals surface area contributed by atoms with Crippen molar-refractivity contribution in [3.05, 3.63) is 0 Å². The van der Waals surface area contributed by atoms with Gasteiger partial charge in [-0.3, -0.25) is 0 Å². The molecule has 0 bridgehead atoms. The van der Waals surface area contributed by atoms with Gasteiger partial charge in [0.1, 0.15) is 0 Å². The lowest BCUT2D eigenvalue weighted by Crippen LogP contribution is -1.27. The summed E-state index contributed by atoms with van der Waals surface area (Å²) in [6, 6.07) is 0. The average Bonchev–Trinajstić information content (AvgIpc) is 1.75. The first-order valence-electron chi connectivity index (χ1n) is 2.82. The molecule has 0 unspecified atom stereocenters. The van der Waals surface area contributed by atoms with E-state index in [2.05, 4.69) is 13.8 Å². The summed E-state index contributed by atoms with van der Waals surface area (Å²) in [6.45, 7) is 8.25. The van der Waals surface area contributed by atoms with Gasteiger partial charge >= 0.3 is 6.15 Å². The molecule has 2 nitrogen and oxygen atoms in total. The highest BCUT2D eigenvalue weighted by Crippen LogP contribution is 1.56. The Bertz CT molecular complexity index is 35.8. The second-order valence-electron chi connectivity index (χ2n) is 0.790. The molecule has 0 aliphatic heterocycles. The quantitative estimate of drug-likeness (QED) is 0.486. The van der Waals surface area contributed by atoms with E-state index >= 15 is 0 Å². The third-order valence-corrected chi connectivity index (χ3v) is 0. The molecule has 0 aliphatic carbocycles. The van der Waals surface area contributed by atoms with Crippen LogP contribution in [0.1, 0.15) is 34.1 Å². The Morgan fingerprint density at radius 2 is 1.12 bits per heavy atom. The first-order chi connectivity index (χ1) is 3.83. The monoisotopic (exact) mass is 118 g/mol. The molecule has 0 spiro atoms. The van der Waals surface area contributed by atoms with Gasteiger partial charge < -0.3 is 0 Å². The highest BCUT2D eigenvalue weighted by molar-refractivity contribution is 5.20. The topological polar surface area (TPSA) is 34.1 Å². The van der Waals surface area contributed by atoms with Gasteiger partial charge in [-0.25, -0.2) is 0 Å². The maximum absolute atomic E-state index is 8.12. The van der Waals surface area contributed by atoms with E-state index < -0.39 is 0 Å². The molecular formula is C6H14O2. The molecule has 50 valence electrons. The first kappa shape index (κ1) is 15.7. The van der Waals surface area contributed by atoms with Crippen LogP contribution in [0.2, 0.25) is 0 Å². The molecule has 0 saturated carbocycles. The first-order valence-corrected chi connectivity index (χ1v) is 2.82. The van der Waals surface area contributed by atoms with E-state index in [-0.39, 0.29) is 6.15 Å². The smallest absolute Gasteiger partial charge is 0.186 e. The Hall–Kier alpha value is -0.620. The third-order valence-electron chi connectivity index (χ3n) is 0. The summed E-state index contributed by atoms with van der Waals surface area (Å²) in [5, 5.41) is 0. The molecule has 0 saturated heterocycles. The van der Waals surface area contributed by atoms with Crippen molar-refractivity contribution < 1.29 is 9.59 Å². The van der Waals surface area contributed by atoms with Gasteiger partial charge in [0.05, 0.1) is 0 Å². The van der Waals surface area contributed by atoms with E-state index in [0.717, 1.165) is 0 Å². The van der Waals surface area contributed by atoms with Crippen molar-refractivity contribution in [2.24, 2.45) is 0 Å². The molecule has 0 aromatic heterocycles. The molecule has 8 heavy (non-hydrogen) atoms. The summed E-state index contributed by atoms with van der Waals surface area (Å²) >= 11 is 0. The Balaban J connectivity index is -0.0000000483. The summed E-state index contributed by atoms with van der Waals surface area (Å²) in [5.74, 6) is 0. The maximum atomic E-state index is 8.12. The average molecular weight is 118 g/mol. The van der Waals surface area contributed by atoms with Crippen molar-refractivity contribution in [2.75, 3.05) is 0 Å². The number of hydrogen-bond acceptors (Lipinski definition) is 2. The summed E-state index contributed by atoms with van der Waals surface area (Å²) in [7, 11) is 0. The largest absolute Gasteiger partial charge is 0.373 e. The second-order valence-corrected chi connectivity index (χ2v) is 0.790. The van der Waals surface area contributed by atoms with E-state index in [4.69, 9.17) is 9.59 Å². The van der Waals surface area contributed by atoms with Crippen LogP contribution in [0.5, 0.6) is 0 Å². The predicted octanol–water partition coefficient (Wildman–Crippen LogP) is 1.86. The number of rotatable bonds is 0. The van der Waals surface area contributed by atoms with Crippen LogP contribution in [0.15, 0.2) is 0 Å². The van der Waals surface area contributed by atoms with Gasteiger partial charge in [-0.1, -0.05) is 34.1 Å². The zero-order valence-corrected chi connectivity index (χ0v) is 6.02. The van der Waals surface area contributed by atoms with Crippen molar-refractivity contribution in [1.29, 1.82) is 0 Å². The number of hydrogen-bond donors (Lipinski definition) is 0. The normalized spacial score (nSPS) is 4.00. The van der Waals surface area contributed by atoms with Crippen LogP contribution < -0.4 is 0 Å². The van der Waals surface area contributed by atoms with Crippen LogP contribution in [0.4, 0.5) is 0 Å². The van der Waals surface area contributed by atoms with Gasteiger partial charge in [0.15, 0.2) is 0 Å². The SMILES string of the molecule is CC.CCC.O=C=O. The minimum absolute atomic E-state index is 0.250. The summed E-state index contributed by atoms with van der Waals surface area (Å²) in [6.07, 6.45) is 1.50. The van der Waals surface area contributed by atoms with Crippen LogP contribution in [0.25, 0.3) is 0 Å². The molecule has 0 rings (SSSR count). The fraction of sp³-hybridized carbons (Fsp3) is 0.833. The predicted molar refractivity (Wildman–Crippen MR) is 32.3 cm³/mol. The molecular weight excluding hydrogens is 104 g/mol. The second kappa shape index (κ2) is 97.0. The molecule has 0 aromatic carbocycles. The molecule has 0 fully saturated rings. The van der Waals surface area contributed by atoms with Gasteiger partial charge in [0, 0.05) is 0 Å². The lowest BCUT2D eigenvalue weighted by Gasteiger charge is -1.48. The molecule has 0 heterocycles. The van der Waals surface area contributed by atoms with Crippen molar-refractivity contribution in [2.45, 2.75) is 34.1 Å². The maximum Gasteiger partial charge on any atom is 0.373 e. The van der Waals surface area contributed by atoms with Crippen LogP contribution >= 0.6 is 0 Å². The minimum atomic E-state index is 0.250. The standard InChI is InChI=1S/C3H8.C2H6.CO2/c1-3-2;1-2;2-1-3/h3H2,1-2H3;1-2H3;. The van der Waals surface area contributed by atoms with Crippen molar-refractivity contribution in [3.8, 4) is 0 Å². The van der Waals surface area contributed by atoms with Crippen molar-refractivity contribution in [1.82, 2.24) is 0 Å². The van der Waals surface area contributed by atoms with Gasteiger partial charge in [0.25, 0.3) is 0 Å². The fourth-order valence-corrected chi connectivity index (χ4v) is 0. The molecule has 2 heteroatoms. The van der Waals surface area contributed by atoms with Crippen molar-refractivity contribution >= 4 is 6.15 Å². The zero-order chi connectivity index (χ0) is 7.41. The van der Waals surface area contributed by atoms with Gasteiger partial charge in [-0.15, -0.1) is 0 Å². The van der Waals surface area contributed by atoms with Gasteiger partial charge in [-0.05, 0) is 0 Å². The molecule has 0 aromatic rings. The Labute approximate surface area is 50.9 Å². The van der Waals surface area contributed by atoms with E-state index in [0.29, 0.717) is 0 Å². The third kappa shape index (κ3) is 269. The summed E-state index contributed by atoms with van der Waals surface area (Å²) in [4.78, 5) is 16.2. The Kier molecular flexibility index (Phi) is 190. The minimum Gasteiger partial charge on any atom is -0.186 e. The molecule has 0 atom stereocenters. The molecule has 0 amide bonds. The van der Waals surface area contributed by atoms with Gasteiger partial charge in [-0.2, -0.15) is 9.59 Å². The van der Waals surface area contributed by atoms with Crippen LogP contribution in [0.3, 0.4) is 0 Å². The van der Waals surface area contributed by atoms with E-state index in [1.165, 1.54) is 6.42 Å². The zero-order valence-electron chi connectivity index (χ0n) is 6.02. The van der Waals surface area contributed by atoms with Crippen molar-refractivity contribution in [3.63, 3.8) is 0 Å². The number of carbonyl (C=O) groups excluding carboxylic acids is 2. The van der Waals surface area contributed by atoms with Crippen LogP contribution in [-0.4, -0.2) is 6.15 Å². The van der Waals surface area contributed by atoms with E-state index in [9.17, 15) is 0 Å². The fourth-order valence-electron chi connectivity index (χ4n) is 0. The van der Waals surface area contributed by atoms with Crippen LogP contribution in [-0.2, 0) is 9.59 Å². The summed E-state index contributed by atoms with van der Waals surface area (Å²) in [5.41, 5.74) is 0. The summed E-state index contributed by atoms with van der Waals surface area (Å²) < 4.78 is 0. The Morgan fingerprint density at radius 1 is 1.12 bits per heavy atom. The lowest BCUT2D eigenvalue weighted by atomic mass is 10.6. The molecule has 0 radical (unpaired) electrons. The van der Waals surface area contributed by atoms with E-state index in [1.807, 2.05) is 13.8 Å². The van der Waals surface area contributed by atoms with Gasteiger partial charge in [0.2, 0.25) is 0 Å². The van der Waals surface area contributed by atoms with E-state index in [1.54, 1.807) is 0 Å². The highest BCUT2D eigenvalue weighted by Gasteiger charge is 1.35. The molecule has 0 aliphatic rings. The lowest BCUT2D eigenvalue weighted by molar-refractivity contribution is -0.191. The Morgan fingerprint density at radius 3 is 1.12 bits per heavy atom. The highest BCUT2D eigenvalue weighted by atomic mass is 16.2. The van der Waals surface area contributed by atoms with Crippen LogP contribution in [0, 0.1) is 0 Å². The molecule has 0 N–H and O–H groups in total.